The van der Waals surface area contributed by atoms with Gasteiger partial charge >= 0.3 is 0 Å². The molecule has 0 spiro atoms. The van der Waals surface area contributed by atoms with Crippen molar-refractivity contribution < 1.29 is 13.5 Å². The molecule has 1 aliphatic heterocycles. The average molecular weight is 250 g/mol. The van der Waals surface area contributed by atoms with E-state index in [4.69, 9.17) is 0 Å². The first-order valence-corrected chi connectivity index (χ1v) is 7.23. The van der Waals surface area contributed by atoms with Gasteiger partial charge < -0.3 is 10.4 Å². The Morgan fingerprint density at radius 3 is 2.56 bits per heavy atom. The highest BCUT2D eigenvalue weighted by atomic mass is 32.2. The van der Waals surface area contributed by atoms with Gasteiger partial charge in [0.1, 0.15) is 0 Å². The van der Waals surface area contributed by atoms with Crippen LogP contribution in [0.3, 0.4) is 0 Å². The SMILES string of the molecule is CC(C)CS(=O)(=O)N(C)CC1(O)CCNC1. The van der Waals surface area contributed by atoms with Gasteiger partial charge in [-0.3, -0.25) is 0 Å². The first-order valence-electron chi connectivity index (χ1n) is 5.62. The molecule has 0 saturated carbocycles. The molecule has 0 aromatic heterocycles. The highest BCUT2D eigenvalue weighted by Gasteiger charge is 2.35. The van der Waals surface area contributed by atoms with E-state index in [2.05, 4.69) is 5.32 Å². The summed E-state index contributed by atoms with van der Waals surface area (Å²) in [6.07, 6.45) is 0.606. The Hall–Kier alpha value is -0.170. The average Bonchev–Trinajstić information content (AvgIpc) is 2.49. The molecule has 5 nitrogen and oxygen atoms in total. The minimum Gasteiger partial charge on any atom is -0.387 e. The molecular formula is C10H22N2O3S. The van der Waals surface area contributed by atoms with E-state index in [1.807, 2.05) is 13.8 Å². The molecule has 2 N–H and O–H groups in total. The van der Waals surface area contributed by atoms with Crippen LogP contribution in [0.1, 0.15) is 20.3 Å². The van der Waals surface area contributed by atoms with Gasteiger partial charge in [-0.2, -0.15) is 0 Å². The molecule has 0 amide bonds. The van der Waals surface area contributed by atoms with E-state index < -0.39 is 15.6 Å². The van der Waals surface area contributed by atoms with Crippen LogP contribution >= 0.6 is 0 Å². The van der Waals surface area contributed by atoms with Crippen molar-refractivity contribution in [3.8, 4) is 0 Å². The molecule has 1 fully saturated rings. The van der Waals surface area contributed by atoms with Gasteiger partial charge in [0, 0.05) is 20.1 Å². The topological polar surface area (TPSA) is 69.6 Å². The molecular weight excluding hydrogens is 228 g/mol. The molecule has 1 aliphatic rings. The lowest BCUT2D eigenvalue weighted by Gasteiger charge is -2.27. The standard InChI is InChI=1S/C10H22N2O3S/c1-9(2)6-16(14,15)12(3)8-10(13)4-5-11-7-10/h9,11,13H,4-8H2,1-3H3. The molecule has 0 aliphatic carbocycles. The molecule has 0 bridgehead atoms. The quantitative estimate of drug-likeness (QED) is 0.698. The molecule has 1 heterocycles. The third kappa shape index (κ3) is 3.69. The zero-order chi connectivity index (χ0) is 12.4. The van der Waals surface area contributed by atoms with E-state index in [1.165, 1.54) is 11.4 Å². The molecule has 0 aromatic carbocycles. The fourth-order valence-electron chi connectivity index (χ4n) is 1.93. The summed E-state index contributed by atoms with van der Waals surface area (Å²) < 4.78 is 25.0. The molecule has 0 radical (unpaired) electrons. The second-order valence-corrected chi connectivity index (χ2v) is 7.20. The number of nitrogens with zero attached hydrogens (tertiary/aromatic N) is 1. The summed E-state index contributed by atoms with van der Waals surface area (Å²) in [5, 5.41) is 13.1. The van der Waals surface area contributed by atoms with Crippen LogP contribution in [0.4, 0.5) is 0 Å². The summed E-state index contributed by atoms with van der Waals surface area (Å²) >= 11 is 0. The number of nitrogens with one attached hydrogen (secondary N) is 1. The molecule has 96 valence electrons. The van der Waals surface area contributed by atoms with Gasteiger partial charge in [-0.05, 0) is 18.9 Å². The number of hydrogen-bond acceptors (Lipinski definition) is 4. The van der Waals surface area contributed by atoms with Gasteiger partial charge in [0.25, 0.3) is 0 Å². The van der Waals surface area contributed by atoms with Gasteiger partial charge in [0.15, 0.2) is 0 Å². The van der Waals surface area contributed by atoms with Crippen LogP contribution in [0.15, 0.2) is 0 Å². The monoisotopic (exact) mass is 250 g/mol. The summed E-state index contributed by atoms with van der Waals surface area (Å²) in [6.45, 7) is 5.13. The normalized spacial score (nSPS) is 26.9. The van der Waals surface area contributed by atoms with Crippen molar-refractivity contribution in [1.82, 2.24) is 9.62 Å². The zero-order valence-electron chi connectivity index (χ0n) is 10.2. The van der Waals surface area contributed by atoms with E-state index in [0.29, 0.717) is 13.0 Å². The highest BCUT2D eigenvalue weighted by Crippen LogP contribution is 2.17. The fraction of sp³-hybridized carbons (Fsp3) is 1.00. The molecule has 1 unspecified atom stereocenters. The Bertz CT molecular complexity index is 321. The predicted molar refractivity (Wildman–Crippen MR) is 63.7 cm³/mol. The maximum atomic E-state index is 11.9. The number of sulfonamides is 1. The van der Waals surface area contributed by atoms with E-state index in [9.17, 15) is 13.5 Å². The largest absolute Gasteiger partial charge is 0.387 e. The van der Waals surface area contributed by atoms with Crippen molar-refractivity contribution in [3.05, 3.63) is 0 Å². The molecule has 1 saturated heterocycles. The smallest absolute Gasteiger partial charge is 0.214 e. The number of hydrogen-bond donors (Lipinski definition) is 2. The Labute approximate surface area is 97.9 Å². The first-order chi connectivity index (χ1) is 7.25. The van der Waals surface area contributed by atoms with Gasteiger partial charge in [-0.15, -0.1) is 0 Å². The lowest BCUT2D eigenvalue weighted by molar-refractivity contribution is 0.0462. The second-order valence-electron chi connectivity index (χ2n) is 5.08. The van der Waals surface area contributed by atoms with E-state index in [0.717, 1.165) is 6.54 Å². The summed E-state index contributed by atoms with van der Waals surface area (Å²) in [6, 6.07) is 0. The maximum Gasteiger partial charge on any atom is 0.214 e. The van der Waals surface area contributed by atoms with Crippen LogP contribution in [0.5, 0.6) is 0 Å². The zero-order valence-corrected chi connectivity index (χ0v) is 11.0. The minimum absolute atomic E-state index is 0.101. The Balaban J connectivity index is 2.60. The third-order valence-corrected chi connectivity index (χ3v) is 4.92. The lowest BCUT2D eigenvalue weighted by Crippen LogP contribution is -2.46. The Morgan fingerprint density at radius 1 is 1.50 bits per heavy atom. The predicted octanol–water partition coefficient (Wildman–Crippen LogP) is -0.372. The molecule has 16 heavy (non-hydrogen) atoms. The van der Waals surface area contributed by atoms with Crippen molar-refractivity contribution >= 4 is 10.0 Å². The second kappa shape index (κ2) is 5.00. The van der Waals surface area contributed by atoms with Gasteiger partial charge in [0.2, 0.25) is 10.0 Å². The van der Waals surface area contributed by atoms with Gasteiger partial charge in [-0.25, -0.2) is 12.7 Å². The van der Waals surface area contributed by atoms with Crippen LogP contribution in [0.2, 0.25) is 0 Å². The van der Waals surface area contributed by atoms with Crippen molar-refractivity contribution in [2.45, 2.75) is 25.9 Å². The van der Waals surface area contributed by atoms with Gasteiger partial charge in [-0.1, -0.05) is 13.8 Å². The number of likely N-dealkylation sites (N-methyl/N-ethyl adjacent to an activating group) is 1. The van der Waals surface area contributed by atoms with Crippen LogP contribution in [0, 0.1) is 5.92 Å². The molecule has 0 aromatic rings. The summed E-state index contributed by atoms with van der Waals surface area (Å²) in [4.78, 5) is 0. The molecule has 1 atom stereocenters. The van der Waals surface area contributed by atoms with Crippen molar-refractivity contribution in [1.29, 1.82) is 0 Å². The van der Waals surface area contributed by atoms with Crippen molar-refractivity contribution in [2.75, 3.05) is 32.4 Å². The minimum atomic E-state index is -3.24. The van der Waals surface area contributed by atoms with E-state index >= 15 is 0 Å². The van der Waals surface area contributed by atoms with Gasteiger partial charge in [0.05, 0.1) is 11.4 Å². The number of aliphatic hydroxyl groups is 1. The Kier molecular flexibility index (Phi) is 4.34. The van der Waals surface area contributed by atoms with E-state index in [-0.39, 0.29) is 18.2 Å². The fourth-order valence-corrected chi connectivity index (χ4v) is 3.46. The van der Waals surface area contributed by atoms with Crippen molar-refractivity contribution in [2.24, 2.45) is 5.92 Å². The highest BCUT2D eigenvalue weighted by molar-refractivity contribution is 7.89. The van der Waals surface area contributed by atoms with Crippen LogP contribution in [0.25, 0.3) is 0 Å². The van der Waals surface area contributed by atoms with Crippen LogP contribution in [-0.4, -0.2) is 55.9 Å². The molecule has 1 rings (SSSR count). The first kappa shape index (κ1) is 13.9. The summed E-state index contributed by atoms with van der Waals surface area (Å²) in [5.74, 6) is 0.233. The molecule has 6 heteroatoms. The number of β-amino-alcohol motifs (C(OH)–C–C–N with tert-alkyl or cyclic N) is 1. The van der Waals surface area contributed by atoms with Crippen LogP contribution in [-0.2, 0) is 10.0 Å². The number of rotatable bonds is 5. The maximum absolute atomic E-state index is 11.9. The third-order valence-electron chi connectivity index (χ3n) is 2.76. The summed E-state index contributed by atoms with van der Waals surface area (Å²) in [5.41, 5.74) is -0.904. The van der Waals surface area contributed by atoms with E-state index in [1.54, 1.807) is 0 Å². The Morgan fingerprint density at radius 2 is 2.12 bits per heavy atom. The van der Waals surface area contributed by atoms with Crippen LogP contribution < -0.4 is 5.32 Å². The summed E-state index contributed by atoms with van der Waals surface area (Å²) in [7, 11) is -1.70. The van der Waals surface area contributed by atoms with Crippen molar-refractivity contribution in [3.63, 3.8) is 0 Å². The lowest BCUT2D eigenvalue weighted by atomic mass is 10.0.